The van der Waals surface area contributed by atoms with Gasteiger partial charge in [0.2, 0.25) is 0 Å². The number of hydrogen-bond donors (Lipinski definition) is 1. The molecule has 0 bridgehead atoms. The van der Waals surface area contributed by atoms with E-state index in [4.69, 9.17) is 5.73 Å². The molecule has 2 N–H and O–H groups in total. The molecule has 2 heterocycles. The van der Waals surface area contributed by atoms with Crippen molar-refractivity contribution in [1.29, 1.82) is 0 Å². The normalized spacial score (nSPS) is 23.3. The van der Waals surface area contributed by atoms with E-state index in [1.165, 1.54) is 0 Å². The Morgan fingerprint density at radius 1 is 1.64 bits per heavy atom. The lowest BCUT2D eigenvalue weighted by Gasteiger charge is -2.17. The van der Waals surface area contributed by atoms with Gasteiger partial charge in [-0.25, -0.2) is 9.67 Å². The Balaban J connectivity index is 2.43. The predicted octanol–water partition coefficient (Wildman–Crippen LogP) is 0.380. The molecule has 1 aliphatic rings. The number of fused-ring (bicyclic) bond motifs is 1. The fourth-order valence-electron chi connectivity index (χ4n) is 1.50. The molecule has 0 fully saturated rings. The van der Waals surface area contributed by atoms with Crippen LogP contribution in [0.5, 0.6) is 0 Å². The van der Waals surface area contributed by atoms with Crippen LogP contribution in [0, 0.1) is 6.92 Å². The standard InChI is InChI=1S/C7H12N4/c1-5-9-7-6(8)3-2-4-11(7)10-5/h6H,2-4,8H2,1H3/t6-/m0/s1. The molecule has 4 nitrogen and oxygen atoms in total. The van der Waals surface area contributed by atoms with Crippen molar-refractivity contribution in [2.75, 3.05) is 0 Å². The van der Waals surface area contributed by atoms with Crippen molar-refractivity contribution >= 4 is 0 Å². The molecule has 0 unspecified atom stereocenters. The summed E-state index contributed by atoms with van der Waals surface area (Å²) in [5.74, 6) is 1.78. The highest BCUT2D eigenvalue weighted by molar-refractivity contribution is 4.99. The van der Waals surface area contributed by atoms with Crippen molar-refractivity contribution in [3.8, 4) is 0 Å². The Morgan fingerprint density at radius 2 is 2.45 bits per heavy atom. The Labute approximate surface area is 65.4 Å². The zero-order valence-corrected chi connectivity index (χ0v) is 6.62. The summed E-state index contributed by atoms with van der Waals surface area (Å²) in [5, 5.41) is 4.23. The summed E-state index contributed by atoms with van der Waals surface area (Å²) in [6, 6.07) is 0.102. The smallest absolute Gasteiger partial charge is 0.147 e. The molecule has 11 heavy (non-hydrogen) atoms. The van der Waals surface area contributed by atoms with E-state index in [1.807, 2.05) is 11.6 Å². The second-order valence-corrected chi connectivity index (χ2v) is 2.99. The number of nitrogens with zero attached hydrogens (tertiary/aromatic N) is 3. The van der Waals surface area contributed by atoms with Crippen LogP contribution in [0.15, 0.2) is 0 Å². The largest absolute Gasteiger partial charge is 0.321 e. The lowest BCUT2D eigenvalue weighted by Crippen LogP contribution is -2.22. The highest BCUT2D eigenvalue weighted by atomic mass is 15.4. The summed E-state index contributed by atoms with van der Waals surface area (Å²) in [6.07, 6.45) is 2.16. The molecule has 4 heteroatoms. The predicted molar refractivity (Wildman–Crippen MR) is 40.9 cm³/mol. The van der Waals surface area contributed by atoms with Crippen LogP contribution in [0.25, 0.3) is 0 Å². The van der Waals surface area contributed by atoms with Gasteiger partial charge in [-0.05, 0) is 19.8 Å². The molecule has 1 atom stereocenters. The maximum atomic E-state index is 5.84. The Hall–Kier alpha value is -0.900. The van der Waals surface area contributed by atoms with Crippen LogP contribution < -0.4 is 5.73 Å². The van der Waals surface area contributed by atoms with Crippen LogP contribution in [-0.2, 0) is 6.54 Å². The molecule has 1 aromatic heterocycles. The van der Waals surface area contributed by atoms with Crippen LogP contribution in [0.4, 0.5) is 0 Å². The summed E-state index contributed by atoms with van der Waals surface area (Å²) in [6.45, 7) is 2.88. The zero-order chi connectivity index (χ0) is 7.84. The number of hydrogen-bond acceptors (Lipinski definition) is 3. The van der Waals surface area contributed by atoms with Gasteiger partial charge < -0.3 is 5.73 Å². The zero-order valence-electron chi connectivity index (χ0n) is 6.62. The monoisotopic (exact) mass is 152 g/mol. The first kappa shape index (κ1) is 6.79. The van der Waals surface area contributed by atoms with Crippen molar-refractivity contribution in [3.63, 3.8) is 0 Å². The van der Waals surface area contributed by atoms with E-state index in [0.29, 0.717) is 0 Å². The van der Waals surface area contributed by atoms with Crippen molar-refractivity contribution < 1.29 is 0 Å². The molecule has 0 saturated heterocycles. The van der Waals surface area contributed by atoms with Gasteiger partial charge >= 0.3 is 0 Å². The molecule has 60 valence electrons. The van der Waals surface area contributed by atoms with E-state index in [2.05, 4.69) is 10.1 Å². The first-order chi connectivity index (χ1) is 5.27. The molecule has 0 saturated carbocycles. The lowest BCUT2D eigenvalue weighted by atomic mass is 10.1. The van der Waals surface area contributed by atoms with Gasteiger partial charge in [0.25, 0.3) is 0 Å². The van der Waals surface area contributed by atoms with E-state index in [1.54, 1.807) is 0 Å². The molecule has 0 aliphatic carbocycles. The summed E-state index contributed by atoms with van der Waals surface area (Å²) >= 11 is 0. The first-order valence-electron chi connectivity index (χ1n) is 3.94. The number of rotatable bonds is 0. The Morgan fingerprint density at radius 3 is 3.18 bits per heavy atom. The highest BCUT2D eigenvalue weighted by Crippen LogP contribution is 2.19. The van der Waals surface area contributed by atoms with Crippen molar-refractivity contribution in [2.45, 2.75) is 32.4 Å². The number of aryl methyl sites for hydroxylation is 2. The molecule has 1 aromatic rings. The van der Waals surface area contributed by atoms with Gasteiger partial charge in [-0.1, -0.05) is 0 Å². The van der Waals surface area contributed by atoms with Crippen LogP contribution in [0.3, 0.4) is 0 Å². The lowest BCUT2D eigenvalue weighted by molar-refractivity contribution is 0.422. The van der Waals surface area contributed by atoms with E-state index in [9.17, 15) is 0 Å². The molecular weight excluding hydrogens is 140 g/mol. The average Bonchev–Trinajstić information content (AvgIpc) is 2.31. The third kappa shape index (κ3) is 1.03. The fraction of sp³-hybridized carbons (Fsp3) is 0.714. The van der Waals surface area contributed by atoms with Gasteiger partial charge in [0.05, 0.1) is 6.04 Å². The first-order valence-corrected chi connectivity index (χ1v) is 3.94. The van der Waals surface area contributed by atoms with Crippen LogP contribution in [0.2, 0.25) is 0 Å². The summed E-state index contributed by atoms with van der Waals surface area (Å²) in [5.41, 5.74) is 5.84. The molecule has 0 radical (unpaired) electrons. The third-order valence-corrected chi connectivity index (χ3v) is 2.02. The summed E-state index contributed by atoms with van der Waals surface area (Å²) in [7, 11) is 0. The minimum absolute atomic E-state index is 0.102. The minimum atomic E-state index is 0.102. The topological polar surface area (TPSA) is 56.7 Å². The number of aromatic nitrogens is 3. The molecular formula is C7H12N4. The van der Waals surface area contributed by atoms with Crippen molar-refractivity contribution in [1.82, 2.24) is 14.8 Å². The van der Waals surface area contributed by atoms with Gasteiger partial charge in [0.15, 0.2) is 0 Å². The van der Waals surface area contributed by atoms with Gasteiger partial charge in [-0.2, -0.15) is 5.10 Å². The molecule has 1 aliphatic heterocycles. The molecule has 2 rings (SSSR count). The third-order valence-electron chi connectivity index (χ3n) is 2.02. The van der Waals surface area contributed by atoms with Gasteiger partial charge in [0, 0.05) is 6.54 Å². The molecule has 0 aromatic carbocycles. The van der Waals surface area contributed by atoms with E-state index in [-0.39, 0.29) is 6.04 Å². The van der Waals surface area contributed by atoms with Crippen molar-refractivity contribution in [3.05, 3.63) is 11.6 Å². The van der Waals surface area contributed by atoms with E-state index >= 15 is 0 Å². The Kier molecular flexibility index (Phi) is 1.42. The minimum Gasteiger partial charge on any atom is -0.321 e. The van der Waals surface area contributed by atoms with E-state index in [0.717, 1.165) is 31.0 Å². The van der Waals surface area contributed by atoms with Crippen LogP contribution in [0.1, 0.15) is 30.5 Å². The maximum Gasteiger partial charge on any atom is 0.147 e. The van der Waals surface area contributed by atoms with Gasteiger partial charge in [-0.3, -0.25) is 0 Å². The maximum absolute atomic E-state index is 5.84. The average molecular weight is 152 g/mol. The van der Waals surface area contributed by atoms with Crippen molar-refractivity contribution in [2.24, 2.45) is 5.73 Å². The van der Waals surface area contributed by atoms with Gasteiger partial charge in [-0.15, -0.1) is 0 Å². The van der Waals surface area contributed by atoms with Crippen LogP contribution in [-0.4, -0.2) is 14.8 Å². The quantitative estimate of drug-likeness (QED) is 0.584. The molecule has 0 amide bonds. The second-order valence-electron chi connectivity index (χ2n) is 2.99. The van der Waals surface area contributed by atoms with Gasteiger partial charge in [0.1, 0.15) is 11.6 Å². The molecule has 0 spiro atoms. The fourth-order valence-corrected chi connectivity index (χ4v) is 1.50. The SMILES string of the molecule is Cc1nc2n(n1)CCC[C@@H]2N. The van der Waals surface area contributed by atoms with Crippen LogP contribution >= 0.6 is 0 Å². The second kappa shape index (κ2) is 2.30. The summed E-state index contributed by atoms with van der Waals surface area (Å²) in [4.78, 5) is 4.26. The summed E-state index contributed by atoms with van der Waals surface area (Å²) < 4.78 is 1.92. The van der Waals surface area contributed by atoms with E-state index < -0.39 is 0 Å². The Bertz CT molecular complexity index is 265. The number of nitrogens with two attached hydrogens (primary N) is 1. The highest BCUT2D eigenvalue weighted by Gasteiger charge is 2.19.